The lowest BCUT2D eigenvalue weighted by molar-refractivity contribution is 0.179. The molecule has 0 amide bonds. The number of rotatable bonds is 3. The van der Waals surface area contributed by atoms with Gasteiger partial charge in [0, 0.05) is 6.42 Å². The van der Waals surface area contributed by atoms with E-state index in [1.807, 2.05) is 30.3 Å². The van der Waals surface area contributed by atoms with Crippen LogP contribution >= 0.6 is 0 Å². The van der Waals surface area contributed by atoms with Crippen molar-refractivity contribution < 1.29 is 5.11 Å². The van der Waals surface area contributed by atoms with Crippen LogP contribution in [-0.4, -0.2) is 5.11 Å². The van der Waals surface area contributed by atoms with Crippen LogP contribution in [0.1, 0.15) is 22.8 Å². The van der Waals surface area contributed by atoms with Gasteiger partial charge in [0.15, 0.2) is 0 Å². The van der Waals surface area contributed by atoms with Gasteiger partial charge in [0.05, 0.1) is 17.7 Å². The number of benzene rings is 3. The average Bonchev–Trinajstić information content (AvgIpc) is 2.55. The molecule has 0 heterocycles. The van der Waals surface area contributed by atoms with E-state index in [1.165, 1.54) is 5.39 Å². The quantitative estimate of drug-likeness (QED) is 0.784. The Labute approximate surface area is 123 Å². The Morgan fingerprint density at radius 2 is 1.71 bits per heavy atom. The van der Waals surface area contributed by atoms with Crippen LogP contribution in [0.2, 0.25) is 0 Å². The molecule has 0 aliphatic heterocycles. The van der Waals surface area contributed by atoms with Crippen molar-refractivity contribution in [2.45, 2.75) is 12.5 Å². The molecular weight excluding hydrogens is 258 g/mol. The Balaban J connectivity index is 1.93. The third-order valence-electron chi connectivity index (χ3n) is 3.69. The van der Waals surface area contributed by atoms with Gasteiger partial charge in [-0.3, -0.25) is 0 Å². The molecule has 3 rings (SSSR count). The Bertz CT molecular complexity index is 812. The van der Waals surface area contributed by atoms with E-state index in [0.717, 1.165) is 16.5 Å². The van der Waals surface area contributed by atoms with Crippen molar-refractivity contribution >= 4 is 10.8 Å². The van der Waals surface area contributed by atoms with Gasteiger partial charge in [-0.25, -0.2) is 0 Å². The van der Waals surface area contributed by atoms with Gasteiger partial charge in [-0.2, -0.15) is 5.26 Å². The van der Waals surface area contributed by atoms with Crippen LogP contribution < -0.4 is 0 Å². The fourth-order valence-corrected chi connectivity index (χ4v) is 2.61. The second-order valence-electron chi connectivity index (χ2n) is 5.10. The molecule has 3 aromatic carbocycles. The maximum Gasteiger partial charge on any atom is 0.0991 e. The summed E-state index contributed by atoms with van der Waals surface area (Å²) in [6.07, 6.45) is -0.0694. The van der Waals surface area contributed by atoms with Gasteiger partial charge in [-0.15, -0.1) is 0 Å². The van der Waals surface area contributed by atoms with Crippen LogP contribution in [-0.2, 0) is 6.42 Å². The Morgan fingerprint density at radius 1 is 0.952 bits per heavy atom. The summed E-state index contributed by atoms with van der Waals surface area (Å²) in [6.45, 7) is 0. The fourth-order valence-electron chi connectivity index (χ4n) is 2.61. The van der Waals surface area contributed by atoms with Gasteiger partial charge < -0.3 is 5.11 Å². The number of fused-ring (bicyclic) bond motifs is 1. The zero-order valence-electron chi connectivity index (χ0n) is 11.5. The summed E-state index contributed by atoms with van der Waals surface area (Å²) in [7, 11) is 0. The van der Waals surface area contributed by atoms with Crippen molar-refractivity contribution in [2.24, 2.45) is 0 Å². The van der Waals surface area contributed by atoms with Crippen molar-refractivity contribution in [3.05, 3.63) is 83.4 Å². The molecule has 0 saturated carbocycles. The van der Waals surface area contributed by atoms with Crippen molar-refractivity contribution in [2.75, 3.05) is 0 Å². The van der Waals surface area contributed by atoms with Gasteiger partial charge in [-0.05, 0) is 34.0 Å². The zero-order valence-corrected chi connectivity index (χ0v) is 11.5. The minimum absolute atomic E-state index is 0.538. The fraction of sp³-hybridized carbons (Fsp3) is 0.105. The second-order valence-corrected chi connectivity index (χ2v) is 5.10. The van der Waals surface area contributed by atoms with E-state index in [9.17, 15) is 5.11 Å². The van der Waals surface area contributed by atoms with Crippen molar-refractivity contribution in [3.8, 4) is 6.07 Å². The minimum atomic E-state index is -0.607. The summed E-state index contributed by atoms with van der Waals surface area (Å²) in [5, 5.41) is 21.7. The van der Waals surface area contributed by atoms with Gasteiger partial charge >= 0.3 is 0 Å². The zero-order chi connectivity index (χ0) is 14.7. The summed E-state index contributed by atoms with van der Waals surface area (Å²) in [4.78, 5) is 0. The molecule has 102 valence electrons. The minimum Gasteiger partial charge on any atom is -0.388 e. The topological polar surface area (TPSA) is 44.0 Å². The highest BCUT2D eigenvalue weighted by molar-refractivity contribution is 5.85. The Kier molecular flexibility index (Phi) is 3.68. The number of nitrogens with zero attached hydrogens (tertiary/aromatic N) is 1. The van der Waals surface area contributed by atoms with Crippen LogP contribution in [0, 0.1) is 11.3 Å². The van der Waals surface area contributed by atoms with Crippen LogP contribution in [0.5, 0.6) is 0 Å². The molecule has 0 aliphatic rings. The van der Waals surface area contributed by atoms with Crippen LogP contribution in [0.15, 0.2) is 66.7 Å². The summed E-state index contributed by atoms with van der Waals surface area (Å²) in [5.74, 6) is 0. The van der Waals surface area contributed by atoms with Gasteiger partial charge in [0.1, 0.15) is 0 Å². The van der Waals surface area contributed by atoms with Crippen molar-refractivity contribution in [1.82, 2.24) is 0 Å². The molecule has 2 nitrogen and oxygen atoms in total. The van der Waals surface area contributed by atoms with E-state index in [0.29, 0.717) is 12.0 Å². The van der Waals surface area contributed by atoms with E-state index < -0.39 is 6.10 Å². The van der Waals surface area contributed by atoms with E-state index in [2.05, 4.69) is 24.3 Å². The van der Waals surface area contributed by atoms with Gasteiger partial charge in [0.2, 0.25) is 0 Å². The smallest absolute Gasteiger partial charge is 0.0991 e. The highest BCUT2D eigenvalue weighted by Gasteiger charge is 2.11. The summed E-state index contributed by atoms with van der Waals surface area (Å²) in [5.41, 5.74) is 2.47. The van der Waals surface area contributed by atoms with E-state index in [4.69, 9.17) is 5.26 Å². The second kappa shape index (κ2) is 5.78. The molecule has 0 bridgehead atoms. The highest BCUT2D eigenvalue weighted by atomic mass is 16.3. The maximum atomic E-state index is 10.4. The standard InChI is InChI=1S/C19H15NO/c20-13-14-5-3-9-17(11-14)19(21)12-16-8-4-7-15-6-1-2-10-18(15)16/h1-11,19,21H,12H2. The molecule has 21 heavy (non-hydrogen) atoms. The van der Waals surface area contributed by atoms with Gasteiger partial charge in [0.25, 0.3) is 0 Å². The molecule has 0 aliphatic carbocycles. The number of hydrogen-bond donors (Lipinski definition) is 1. The molecule has 0 spiro atoms. The summed E-state index contributed by atoms with van der Waals surface area (Å²) in [6, 6.07) is 23.5. The average molecular weight is 273 g/mol. The first-order valence-electron chi connectivity index (χ1n) is 6.93. The van der Waals surface area contributed by atoms with E-state index in [1.54, 1.807) is 18.2 Å². The van der Waals surface area contributed by atoms with Crippen LogP contribution in [0.3, 0.4) is 0 Å². The molecule has 2 heteroatoms. The third-order valence-corrected chi connectivity index (χ3v) is 3.69. The predicted octanol–water partition coefficient (Wildman–Crippen LogP) is 3.99. The molecule has 1 atom stereocenters. The normalized spacial score (nSPS) is 12.0. The number of hydrogen-bond acceptors (Lipinski definition) is 2. The third kappa shape index (κ3) is 2.79. The van der Waals surface area contributed by atoms with E-state index >= 15 is 0 Å². The Morgan fingerprint density at radius 3 is 2.57 bits per heavy atom. The van der Waals surface area contributed by atoms with Crippen molar-refractivity contribution in [3.63, 3.8) is 0 Å². The first kappa shape index (κ1) is 13.4. The monoisotopic (exact) mass is 273 g/mol. The first-order valence-corrected chi connectivity index (χ1v) is 6.93. The molecule has 1 N–H and O–H groups in total. The SMILES string of the molecule is N#Cc1cccc(C(O)Cc2cccc3ccccc23)c1. The van der Waals surface area contributed by atoms with Crippen LogP contribution in [0.25, 0.3) is 10.8 Å². The molecular formula is C19H15NO. The van der Waals surface area contributed by atoms with Crippen molar-refractivity contribution in [1.29, 1.82) is 5.26 Å². The summed E-state index contributed by atoms with van der Waals surface area (Å²) < 4.78 is 0. The molecule has 1 unspecified atom stereocenters. The molecule has 3 aromatic rings. The van der Waals surface area contributed by atoms with E-state index in [-0.39, 0.29) is 0 Å². The maximum absolute atomic E-state index is 10.4. The lowest BCUT2D eigenvalue weighted by Crippen LogP contribution is -2.02. The molecule has 0 saturated heterocycles. The molecule has 0 radical (unpaired) electrons. The first-order chi connectivity index (χ1) is 10.3. The predicted molar refractivity (Wildman–Crippen MR) is 83.8 cm³/mol. The van der Waals surface area contributed by atoms with Gasteiger partial charge in [-0.1, -0.05) is 54.6 Å². The number of nitriles is 1. The number of aliphatic hydroxyl groups is 1. The lowest BCUT2D eigenvalue weighted by Gasteiger charge is -2.13. The highest BCUT2D eigenvalue weighted by Crippen LogP contribution is 2.25. The summed E-state index contributed by atoms with van der Waals surface area (Å²) >= 11 is 0. The lowest BCUT2D eigenvalue weighted by atomic mass is 9.96. The largest absolute Gasteiger partial charge is 0.388 e. The Hall–Kier alpha value is -2.63. The number of aliphatic hydroxyl groups excluding tert-OH is 1. The molecule has 0 aromatic heterocycles. The molecule has 0 fully saturated rings. The van der Waals surface area contributed by atoms with Crippen LogP contribution in [0.4, 0.5) is 0 Å².